The molecule has 4 nitrogen and oxygen atoms in total. The number of benzene rings is 2. The highest BCUT2D eigenvalue weighted by molar-refractivity contribution is 7.12. The fourth-order valence-corrected chi connectivity index (χ4v) is 3.86. The summed E-state index contributed by atoms with van der Waals surface area (Å²) in [5, 5.41) is 4.11. The first-order valence-electron chi connectivity index (χ1n) is 8.33. The third kappa shape index (κ3) is 3.15. The van der Waals surface area contributed by atoms with E-state index < -0.39 is 0 Å². The normalized spacial score (nSPS) is 14.7. The summed E-state index contributed by atoms with van der Waals surface area (Å²) in [5.74, 6) is 0.0989. The predicted octanol–water partition coefficient (Wildman–Crippen LogP) is 3.50. The molecule has 1 aliphatic heterocycles. The maximum atomic E-state index is 12.8. The van der Waals surface area contributed by atoms with Gasteiger partial charge >= 0.3 is 0 Å². The van der Waals surface area contributed by atoms with Crippen molar-refractivity contribution in [3.05, 3.63) is 70.4 Å². The summed E-state index contributed by atoms with van der Waals surface area (Å²) in [5.41, 5.74) is 0.705. The molecular weight excluding hydrogens is 332 g/mol. The smallest absolute Gasteiger partial charge is 0.264 e. The van der Waals surface area contributed by atoms with Crippen molar-refractivity contribution < 1.29 is 9.59 Å². The van der Waals surface area contributed by atoms with Crippen LogP contribution in [0.1, 0.15) is 20.0 Å². The molecule has 1 saturated heterocycles. The van der Waals surface area contributed by atoms with E-state index in [1.165, 1.54) is 11.3 Å². The van der Waals surface area contributed by atoms with Gasteiger partial charge in [-0.2, -0.15) is 0 Å². The summed E-state index contributed by atoms with van der Waals surface area (Å²) in [6.07, 6.45) is 0. The van der Waals surface area contributed by atoms with E-state index in [0.717, 1.165) is 15.6 Å². The zero-order valence-corrected chi connectivity index (χ0v) is 14.5. The highest BCUT2D eigenvalue weighted by Gasteiger charge is 2.25. The maximum Gasteiger partial charge on any atom is 0.264 e. The van der Waals surface area contributed by atoms with Crippen LogP contribution in [-0.2, 0) is 0 Å². The number of rotatable bonds is 2. The van der Waals surface area contributed by atoms with Crippen LogP contribution < -0.4 is 0 Å². The molecule has 25 heavy (non-hydrogen) atoms. The molecule has 0 atom stereocenters. The highest BCUT2D eigenvalue weighted by Crippen LogP contribution is 2.18. The summed E-state index contributed by atoms with van der Waals surface area (Å²) in [6, 6.07) is 17.6. The van der Waals surface area contributed by atoms with Gasteiger partial charge in [-0.15, -0.1) is 11.3 Å². The second-order valence-corrected chi connectivity index (χ2v) is 7.07. The average Bonchev–Trinajstić information content (AvgIpc) is 3.21. The Balaban J connectivity index is 1.44. The lowest BCUT2D eigenvalue weighted by molar-refractivity contribution is 0.0538. The van der Waals surface area contributed by atoms with E-state index in [0.29, 0.717) is 31.7 Å². The van der Waals surface area contributed by atoms with E-state index in [-0.39, 0.29) is 11.8 Å². The van der Waals surface area contributed by atoms with Gasteiger partial charge in [0.1, 0.15) is 0 Å². The van der Waals surface area contributed by atoms with E-state index in [9.17, 15) is 9.59 Å². The molecule has 0 radical (unpaired) electrons. The van der Waals surface area contributed by atoms with Crippen molar-refractivity contribution in [1.82, 2.24) is 9.80 Å². The van der Waals surface area contributed by atoms with Crippen molar-refractivity contribution in [3.8, 4) is 0 Å². The standard InChI is InChI=1S/C20H18N2O2S/c23-19(17-8-7-15-4-1-2-5-16(15)14-17)21-9-11-22(12-10-21)20(24)18-6-3-13-25-18/h1-8,13-14H,9-12H2. The molecular formula is C20H18N2O2S. The number of hydrogen-bond acceptors (Lipinski definition) is 3. The van der Waals surface area contributed by atoms with E-state index in [1.54, 1.807) is 0 Å². The van der Waals surface area contributed by atoms with Gasteiger partial charge in [0, 0.05) is 31.7 Å². The van der Waals surface area contributed by atoms with Crippen LogP contribution in [0, 0.1) is 0 Å². The van der Waals surface area contributed by atoms with Crippen LogP contribution in [0.15, 0.2) is 60.0 Å². The molecule has 1 aliphatic rings. The Hall–Kier alpha value is -2.66. The van der Waals surface area contributed by atoms with Crippen molar-refractivity contribution in [2.45, 2.75) is 0 Å². The van der Waals surface area contributed by atoms with Crippen molar-refractivity contribution >= 4 is 33.9 Å². The van der Waals surface area contributed by atoms with Gasteiger partial charge in [0.25, 0.3) is 11.8 Å². The molecule has 0 N–H and O–H groups in total. The summed E-state index contributed by atoms with van der Waals surface area (Å²) >= 11 is 1.46. The van der Waals surface area contributed by atoms with Gasteiger partial charge in [-0.3, -0.25) is 9.59 Å². The van der Waals surface area contributed by atoms with Gasteiger partial charge in [-0.05, 0) is 34.4 Å². The molecule has 5 heteroatoms. The van der Waals surface area contributed by atoms with Crippen LogP contribution in [0.25, 0.3) is 10.8 Å². The third-order valence-corrected chi connectivity index (χ3v) is 5.44. The average molecular weight is 350 g/mol. The molecule has 2 amide bonds. The van der Waals surface area contributed by atoms with Crippen LogP contribution in [-0.4, -0.2) is 47.8 Å². The van der Waals surface area contributed by atoms with E-state index >= 15 is 0 Å². The minimum absolute atomic E-state index is 0.0361. The van der Waals surface area contributed by atoms with Gasteiger partial charge in [0.2, 0.25) is 0 Å². The maximum absolute atomic E-state index is 12.8. The largest absolute Gasteiger partial charge is 0.335 e. The number of carbonyl (C=O) groups is 2. The van der Waals surface area contributed by atoms with Gasteiger partial charge < -0.3 is 9.80 Å². The van der Waals surface area contributed by atoms with Gasteiger partial charge in [-0.1, -0.05) is 36.4 Å². The van der Waals surface area contributed by atoms with Crippen LogP contribution in [0.4, 0.5) is 0 Å². The highest BCUT2D eigenvalue weighted by atomic mass is 32.1. The zero-order valence-electron chi connectivity index (χ0n) is 13.7. The van der Waals surface area contributed by atoms with Crippen molar-refractivity contribution in [2.24, 2.45) is 0 Å². The molecule has 1 fully saturated rings. The molecule has 0 bridgehead atoms. The number of carbonyl (C=O) groups excluding carboxylic acids is 2. The van der Waals surface area contributed by atoms with Crippen molar-refractivity contribution in [3.63, 3.8) is 0 Å². The van der Waals surface area contributed by atoms with E-state index in [2.05, 4.69) is 0 Å². The number of amides is 2. The number of fused-ring (bicyclic) bond motifs is 1. The molecule has 2 heterocycles. The Bertz CT molecular complexity index is 912. The Kier molecular flexibility index (Phi) is 4.24. The predicted molar refractivity (Wildman–Crippen MR) is 100 cm³/mol. The van der Waals surface area contributed by atoms with Gasteiger partial charge in [0.05, 0.1) is 4.88 Å². The minimum Gasteiger partial charge on any atom is -0.335 e. The number of thiophene rings is 1. The minimum atomic E-state index is 0.0361. The SMILES string of the molecule is O=C(c1ccc2ccccc2c1)N1CCN(C(=O)c2cccs2)CC1. The monoisotopic (exact) mass is 350 g/mol. The first-order valence-corrected chi connectivity index (χ1v) is 9.21. The Labute approximate surface area is 150 Å². The second-order valence-electron chi connectivity index (χ2n) is 6.12. The summed E-state index contributed by atoms with van der Waals surface area (Å²) in [7, 11) is 0. The molecule has 2 aromatic carbocycles. The van der Waals surface area contributed by atoms with E-state index in [1.807, 2.05) is 69.8 Å². The fraction of sp³-hybridized carbons (Fsp3) is 0.200. The Morgan fingerprint density at radius 1 is 0.760 bits per heavy atom. The Morgan fingerprint density at radius 2 is 1.44 bits per heavy atom. The second kappa shape index (κ2) is 6.69. The molecule has 1 aromatic heterocycles. The van der Waals surface area contributed by atoms with Gasteiger partial charge in [0.15, 0.2) is 0 Å². The molecule has 126 valence electrons. The molecule has 0 spiro atoms. The zero-order chi connectivity index (χ0) is 17.2. The quantitative estimate of drug-likeness (QED) is 0.710. The summed E-state index contributed by atoms with van der Waals surface area (Å²) in [4.78, 5) is 29.6. The number of hydrogen-bond donors (Lipinski definition) is 0. The fourth-order valence-electron chi connectivity index (χ4n) is 3.17. The summed E-state index contributed by atoms with van der Waals surface area (Å²) < 4.78 is 0. The first-order chi connectivity index (χ1) is 12.2. The van der Waals surface area contributed by atoms with Crippen LogP contribution in [0.2, 0.25) is 0 Å². The van der Waals surface area contributed by atoms with Crippen molar-refractivity contribution in [2.75, 3.05) is 26.2 Å². The van der Waals surface area contributed by atoms with Crippen LogP contribution in [0.3, 0.4) is 0 Å². The number of nitrogens with zero attached hydrogens (tertiary/aromatic N) is 2. The van der Waals surface area contributed by atoms with E-state index in [4.69, 9.17) is 0 Å². The summed E-state index contributed by atoms with van der Waals surface area (Å²) in [6.45, 7) is 2.30. The first kappa shape index (κ1) is 15.8. The molecule has 0 saturated carbocycles. The Morgan fingerprint density at radius 3 is 2.12 bits per heavy atom. The lowest BCUT2D eigenvalue weighted by Crippen LogP contribution is -2.50. The number of piperazine rings is 1. The van der Waals surface area contributed by atoms with Crippen molar-refractivity contribution in [1.29, 1.82) is 0 Å². The molecule has 0 unspecified atom stereocenters. The molecule has 3 aromatic rings. The third-order valence-electron chi connectivity index (χ3n) is 4.58. The molecule has 4 rings (SSSR count). The lowest BCUT2D eigenvalue weighted by Gasteiger charge is -2.34. The van der Waals surface area contributed by atoms with Crippen LogP contribution >= 0.6 is 11.3 Å². The topological polar surface area (TPSA) is 40.6 Å². The molecule has 0 aliphatic carbocycles. The van der Waals surface area contributed by atoms with Gasteiger partial charge in [-0.25, -0.2) is 0 Å². The lowest BCUT2D eigenvalue weighted by atomic mass is 10.1. The van der Waals surface area contributed by atoms with Crippen LogP contribution in [0.5, 0.6) is 0 Å².